The summed E-state index contributed by atoms with van der Waals surface area (Å²) < 4.78 is 0. The summed E-state index contributed by atoms with van der Waals surface area (Å²) in [6.07, 6.45) is 12.5. The molecule has 0 saturated heterocycles. The maximum Gasteiger partial charge on any atom is 0.412 e. The lowest BCUT2D eigenvalue weighted by atomic mass is 10.0. The fourth-order valence-electron chi connectivity index (χ4n) is 3.35. The number of unbranched alkanes of at least 4 members (excludes halogenated alkanes) is 7. The van der Waals surface area contributed by atoms with Crippen molar-refractivity contribution in [1.82, 2.24) is 0 Å². The summed E-state index contributed by atoms with van der Waals surface area (Å²) in [4.78, 5) is 3.13. The molecule has 0 radical (unpaired) electrons. The van der Waals surface area contributed by atoms with Crippen molar-refractivity contribution >= 4 is 17.1 Å². The first-order chi connectivity index (χ1) is 15.8. The highest BCUT2D eigenvalue weighted by Gasteiger charge is 2.10. The Morgan fingerprint density at radius 3 is 1.84 bits per heavy atom. The molecule has 0 fully saturated rings. The van der Waals surface area contributed by atoms with E-state index in [4.69, 9.17) is 5.39 Å². The molecule has 0 spiro atoms. The van der Waals surface area contributed by atoms with E-state index in [1.807, 2.05) is 36.4 Å². The van der Waals surface area contributed by atoms with Crippen LogP contribution in [0.1, 0.15) is 63.9 Å². The molecule has 4 heteroatoms. The molecule has 0 aromatic heterocycles. The van der Waals surface area contributed by atoms with Crippen LogP contribution < -0.4 is 0 Å². The minimum absolute atomic E-state index is 0.405. The zero-order chi connectivity index (χ0) is 22.7. The van der Waals surface area contributed by atoms with Crippen molar-refractivity contribution in [1.29, 1.82) is 5.39 Å². The lowest BCUT2D eigenvalue weighted by molar-refractivity contribution is 0.575. The van der Waals surface area contributed by atoms with E-state index in [1.165, 1.54) is 63.4 Å². The van der Waals surface area contributed by atoms with E-state index >= 15 is 0 Å². The van der Waals surface area contributed by atoms with Crippen molar-refractivity contribution in [3.05, 3.63) is 95.5 Å². The van der Waals surface area contributed by atoms with Gasteiger partial charge in [0.1, 0.15) is 0 Å². The first-order valence-electron chi connectivity index (χ1n) is 11.8. The van der Waals surface area contributed by atoms with Gasteiger partial charge in [0.2, 0.25) is 5.39 Å². The van der Waals surface area contributed by atoms with Crippen LogP contribution >= 0.6 is 0 Å². The molecular formula is C28H35N4+. The highest BCUT2D eigenvalue weighted by atomic mass is 15.1. The molecular weight excluding hydrogens is 392 g/mol. The van der Waals surface area contributed by atoms with Crippen LogP contribution in [-0.4, -0.2) is 0 Å². The van der Waals surface area contributed by atoms with E-state index < -0.39 is 0 Å². The fraction of sp³-hybridized carbons (Fsp3) is 0.357. The Balaban J connectivity index is 0.000000227. The molecule has 0 unspecified atom stereocenters. The predicted octanol–water partition coefficient (Wildman–Crippen LogP) is 9.96. The molecule has 0 amide bonds. The normalized spacial score (nSPS) is 10.4. The number of benzene rings is 3. The summed E-state index contributed by atoms with van der Waals surface area (Å²) in [6, 6.07) is 27.2. The van der Waals surface area contributed by atoms with Gasteiger partial charge in [0, 0.05) is 6.07 Å². The second-order valence-corrected chi connectivity index (χ2v) is 7.83. The van der Waals surface area contributed by atoms with Gasteiger partial charge in [0.05, 0.1) is 5.69 Å². The number of hydrogen-bond donors (Lipinski definition) is 0. The monoisotopic (exact) mass is 427 g/mol. The van der Waals surface area contributed by atoms with Crippen LogP contribution in [0.2, 0.25) is 0 Å². The van der Waals surface area contributed by atoms with Gasteiger partial charge in [-0.2, -0.15) is 5.11 Å². The van der Waals surface area contributed by atoms with Gasteiger partial charge in [-0.1, -0.05) is 113 Å². The summed E-state index contributed by atoms with van der Waals surface area (Å²) in [6.45, 7) is 2.28. The van der Waals surface area contributed by atoms with E-state index in [0.717, 1.165) is 5.69 Å². The van der Waals surface area contributed by atoms with E-state index in [0.29, 0.717) is 11.4 Å². The van der Waals surface area contributed by atoms with Gasteiger partial charge in [0.25, 0.3) is 0 Å². The molecule has 0 aliphatic rings. The summed E-state index contributed by atoms with van der Waals surface area (Å²) in [5.41, 5.74) is 3.19. The average Bonchev–Trinajstić information content (AvgIpc) is 2.86. The molecule has 0 bridgehead atoms. The highest BCUT2D eigenvalue weighted by molar-refractivity contribution is 5.65. The number of rotatable bonds is 11. The number of aryl methyl sites for hydroxylation is 1. The second-order valence-electron chi connectivity index (χ2n) is 7.83. The Hall–Kier alpha value is -3.32. The molecule has 3 rings (SSSR count). The van der Waals surface area contributed by atoms with Crippen LogP contribution in [0.3, 0.4) is 0 Å². The van der Waals surface area contributed by atoms with Gasteiger partial charge >= 0.3 is 5.69 Å². The SMILES string of the molecule is CCCCCCCCCCc1ccccc1.N#[N+]c1ccccc1N=Nc1ccccc1. The molecule has 3 aromatic rings. The third kappa shape index (κ3) is 10.6. The quantitative estimate of drug-likeness (QED) is 0.170. The Bertz CT molecular complexity index is 930. The molecule has 0 N–H and O–H groups in total. The predicted molar refractivity (Wildman–Crippen MR) is 135 cm³/mol. The van der Waals surface area contributed by atoms with Crippen molar-refractivity contribution in [3.8, 4) is 0 Å². The molecule has 0 heterocycles. The number of nitrogens with zero attached hydrogens (tertiary/aromatic N) is 4. The third-order valence-electron chi connectivity index (χ3n) is 5.18. The van der Waals surface area contributed by atoms with Crippen molar-refractivity contribution in [3.63, 3.8) is 0 Å². The van der Waals surface area contributed by atoms with Gasteiger partial charge in [0.15, 0.2) is 10.7 Å². The van der Waals surface area contributed by atoms with E-state index in [-0.39, 0.29) is 0 Å². The third-order valence-corrected chi connectivity index (χ3v) is 5.18. The Morgan fingerprint density at radius 2 is 1.19 bits per heavy atom. The number of hydrogen-bond acceptors (Lipinski definition) is 3. The minimum atomic E-state index is 0.405. The Morgan fingerprint density at radius 1 is 0.625 bits per heavy atom. The topological polar surface area (TPSA) is 52.9 Å². The number of diazo groups is 1. The largest absolute Gasteiger partial charge is 0.412 e. The molecule has 32 heavy (non-hydrogen) atoms. The standard InChI is InChI=1S/C16H26.C12H9N4/c1-2-3-4-5-6-7-8-10-13-16-14-11-9-12-15-16;13-14-11-8-4-5-9-12(11)16-15-10-6-2-1-3-7-10/h9,11-12,14-15H,2-8,10,13H2,1H3;1-9H/q;+1. The van der Waals surface area contributed by atoms with Crippen LogP contribution in [-0.2, 0) is 6.42 Å². The number of azo groups is 1. The zero-order valence-electron chi connectivity index (χ0n) is 19.2. The lowest BCUT2D eigenvalue weighted by Gasteiger charge is -2.02. The molecule has 0 aliphatic heterocycles. The molecule has 0 atom stereocenters. The van der Waals surface area contributed by atoms with Crippen LogP contribution in [0.15, 0.2) is 95.2 Å². The summed E-state index contributed by atoms with van der Waals surface area (Å²) in [7, 11) is 0. The molecule has 3 aromatic carbocycles. The lowest BCUT2D eigenvalue weighted by Crippen LogP contribution is -1.85. The Labute approximate surface area is 193 Å². The van der Waals surface area contributed by atoms with E-state index in [1.54, 1.807) is 18.2 Å². The Kier molecular flexibility index (Phi) is 12.8. The summed E-state index contributed by atoms with van der Waals surface area (Å²) >= 11 is 0. The smallest absolute Gasteiger partial charge is 0.150 e. The van der Waals surface area contributed by atoms with Crippen LogP contribution in [0.4, 0.5) is 17.1 Å². The van der Waals surface area contributed by atoms with Crippen molar-refractivity contribution < 1.29 is 0 Å². The van der Waals surface area contributed by atoms with Gasteiger partial charge in [-0.15, -0.1) is 5.11 Å². The van der Waals surface area contributed by atoms with Crippen molar-refractivity contribution in [2.24, 2.45) is 10.2 Å². The summed E-state index contributed by atoms with van der Waals surface area (Å²) in [5, 5.41) is 16.8. The second kappa shape index (κ2) is 16.4. The van der Waals surface area contributed by atoms with Crippen molar-refractivity contribution in [2.75, 3.05) is 0 Å². The van der Waals surface area contributed by atoms with Gasteiger partial charge in [-0.05, 0) is 36.6 Å². The first kappa shape index (κ1) is 24.9. The maximum atomic E-state index is 8.74. The van der Waals surface area contributed by atoms with Gasteiger partial charge in [-0.3, -0.25) is 0 Å². The molecule has 166 valence electrons. The van der Waals surface area contributed by atoms with Gasteiger partial charge in [-0.25, -0.2) is 0 Å². The maximum absolute atomic E-state index is 8.74. The van der Waals surface area contributed by atoms with E-state index in [9.17, 15) is 0 Å². The zero-order valence-corrected chi connectivity index (χ0v) is 19.2. The fourth-order valence-corrected chi connectivity index (χ4v) is 3.35. The summed E-state index contributed by atoms with van der Waals surface area (Å²) in [5.74, 6) is 0. The first-order valence-corrected chi connectivity index (χ1v) is 11.8. The van der Waals surface area contributed by atoms with Crippen LogP contribution in [0.5, 0.6) is 0 Å². The molecule has 0 saturated carbocycles. The highest BCUT2D eigenvalue weighted by Crippen LogP contribution is 2.28. The molecule has 0 aliphatic carbocycles. The minimum Gasteiger partial charge on any atom is -0.150 e. The van der Waals surface area contributed by atoms with Crippen molar-refractivity contribution in [2.45, 2.75) is 64.7 Å². The van der Waals surface area contributed by atoms with E-state index in [2.05, 4.69) is 52.5 Å². The van der Waals surface area contributed by atoms with Crippen LogP contribution in [0.25, 0.3) is 4.98 Å². The molecule has 4 nitrogen and oxygen atoms in total. The van der Waals surface area contributed by atoms with Crippen LogP contribution in [0, 0.1) is 5.39 Å². The average molecular weight is 428 g/mol. The van der Waals surface area contributed by atoms with Gasteiger partial charge < -0.3 is 0 Å².